The number of alkyl halides is 1. The Kier molecular flexibility index (Phi) is 18.2. The number of esters is 1. The number of aromatic hydroxyl groups is 1. The van der Waals surface area contributed by atoms with Crippen LogP contribution in [0, 0.1) is 7.14 Å². The monoisotopic (exact) mass is 805 g/mol. The van der Waals surface area contributed by atoms with E-state index in [1.54, 1.807) is 12.1 Å². The Hall–Kier alpha value is -1.28. The van der Waals surface area contributed by atoms with Crippen molar-refractivity contribution in [2.24, 2.45) is 0 Å². The Balaban J connectivity index is 0.000000579. The molecule has 0 unspecified atom stereocenters. The van der Waals surface area contributed by atoms with Gasteiger partial charge in [0.2, 0.25) is 0 Å². The molecule has 0 atom stereocenters. The lowest BCUT2D eigenvalue weighted by Gasteiger charge is -2.19. The summed E-state index contributed by atoms with van der Waals surface area (Å²) in [6.07, 6.45) is 0.694. The third kappa shape index (κ3) is 23.6. The van der Waals surface area contributed by atoms with E-state index in [9.17, 15) is 9.59 Å². The van der Waals surface area contributed by atoms with E-state index in [1.807, 2.05) is 77.9 Å². The number of halogens is 3. The maximum absolute atomic E-state index is 11.4. The van der Waals surface area contributed by atoms with E-state index in [0.29, 0.717) is 31.7 Å². The molecule has 0 radical (unpaired) electrons. The molecular weight excluding hydrogens is 768 g/mol. The molecule has 2 aromatic rings. The Labute approximate surface area is 256 Å². The van der Waals surface area contributed by atoms with Gasteiger partial charge in [0.15, 0.2) is 0 Å². The minimum absolute atomic E-state index is 0.172. The van der Waals surface area contributed by atoms with Crippen LogP contribution in [0.25, 0.3) is 0 Å². The summed E-state index contributed by atoms with van der Waals surface area (Å²) in [4.78, 5) is 22.3. The number of carbonyl (C=O) groups excluding carboxylic acids is 2. The van der Waals surface area contributed by atoms with Crippen LogP contribution in [0.5, 0.6) is 11.5 Å². The SMILES string of the molecule is CC(C)(C)OC(=O)CCCOc1ccc(I)cc1.CC(C)(C)OC(=O)NCCBr.Oc1ccc(I)cc1. The predicted molar refractivity (Wildman–Crippen MR) is 169 cm³/mol. The lowest BCUT2D eigenvalue weighted by molar-refractivity contribution is -0.155. The Morgan fingerprint density at radius 1 is 0.865 bits per heavy atom. The van der Waals surface area contributed by atoms with Crippen LogP contribution < -0.4 is 10.1 Å². The van der Waals surface area contributed by atoms with Crippen molar-refractivity contribution in [3.8, 4) is 11.5 Å². The Bertz CT molecular complexity index is 889. The zero-order valence-electron chi connectivity index (χ0n) is 22.3. The first kappa shape index (κ1) is 35.7. The molecule has 208 valence electrons. The molecule has 2 rings (SSSR count). The highest BCUT2D eigenvalue weighted by Gasteiger charge is 2.16. The van der Waals surface area contributed by atoms with Crippen LogP contribution in [-0.2, 0) is 14.3 Å². The molecule has 37 heavy (non-hydrogen) atoms. The molecular formula is C27H38BrI2NO6. The third-order valence-electron chi connectivity index (χ3n) is 3.62. The van der Waals surface area contributed by atoms with Gasteiger partial charge in [0, 0.05) is 25.4 Å². The van der Waals surface area contributed by atoms with E-state index < -0.39 is 11.2 Å². The van der Waals surface area contributed by atoms with Gasteiger partial charge in [-0.3, -0.25) is 4.79 Å². The molecule has 0 spiro atoms. The fourth-order valence-electron chi connectivity index (χ4n) is 2.23. The van der Waals surface area contributed by atoms with Crippen molar-refractivity contribution >= 4 is 73.2 Å². The number of rotatable bonds is 7. The van der Waals surface area contributed by atoms with Gasteiger partial charge in [-0.1, -0.05) is 15.9 Å². The second kappa shape index (κ2) is 18.9. The molecule has 0 saturated carbocycles. The molecule has 7 nitrogen and oxygen atoms in total. The number of ether oxygens (including phenoxy) is 3. The fourth-order valence-corrected chi connectivity index (χ4v) is 3.15. The van der Waals surface area contributed by atoms with Crippen LogP contribution in [0.1, 0.15) is 54.4 Å². The average Bonchev–Trinajstić information content (AvgIpc) is 2.77. The van der Waals surface area contributed by atoms with Gasteiger partial charge < -0.3 is 24.6 Å². The van der Waals surface area contributed by atoms with Crippen LogP contribution in [0.4, 0.5) is 4.79 Å². The number of hydrogen-bond acceptors (Lipinski definition) is 6. The summed E-state index contributed by atoms with van der Waals surface area (Å²) in [6.45, 7) is 12.2. The molecule has 0 saturated heterocycles. The zero-order valence-corrected chi connectivity index (χ0v) is 28.2. The molecule has 0 aliphatic heterocycles. The van der Waals surface area contributed by atoms with E-state index >= 15 is 0 Å². The predicted octanol–water partition coefficient (Wildman–Crippen LogP) is 7.69. The summed E-state index contributed by atoms with van der Waals surface area (Å²) in [5.41, 5.74) is -0.815. The normalized spacial score (nSPS) is 10.6. The topological polar surface area (TPSA) is 94.1 Å². The van der Waals surface area contributed by atoms with Gasteiger partial charge in [-0.05, 0) is 142 Å². The highest BCUT2D eigenvalue weighted by Crippen LogP contribution is 2.14. The van der Waals surface area contributed by atoms with E-state index in [0.717, 1.165) is 14.6 Å². The standard InChI is InChI=1S/C14H19IO3.C7H14BrNO2.C6H5IO/c1-14(2,3)18-13(16)5-4-10-17-12-8-6-11(15)7-9-12;1-7(2,3)11-6(10)9-5-4-8;7-5-1-3-6(8)4-2-5/h6-9H,4-5,10H2,1-3H3;4-5H2,1-3H3,(H,9,10);1-4,8H. The molecule has 1 amide bonds. The van der Waals surface area contributed by atoms with Crippen molar-refractivity contribution < 1.29 is 28.9 Å². The maximum atomic E-state index is 11.4. The first-order chi connectivity index (χ1) is 17.1. The lowest BCUT2D eigenvalue weighted by atomic mass is 10.2. The lowest BCUT2D eigenvalue weighted by Crippen LogP contribution is -2.33. The van der Waals surface area contributed by atoms with Gasteiger partial charge in [-0.25, -0.2) is 4.79 Å². The zero-order chi connectivity index (χ0) is 28.5. The van der Waals surface area contributed by atoms with E-state index in [2.05, 4.69) is 66.4 Å². The smallest absolute Gasteiger partial charge is 0.407 e. The van der Waals surface area contributed by atoms with E-state index in [1.165, 1.54) is 3.57 Å². The van der Waals surface area contributed by atoms with Crippen molar-refractivity contribution in [2.75, 3.05) is 18.5 Å². The van der Waals surface area contributed by atoms with Crippen molar-refractivity contribution in [3.05, 3.63) is 55.7 Å². The number of hydrogen-bond donors (Lipinski definition) is 2. The minimum atomic E-state index is -0.409. The molecule has 10 heteroatoms. The van der Waals surface area contributed by atoms with Gasteiger partial charge >= 0.3 is 12.1 Å². The fraction of sp³-hybridized carbons (Fsp3) is 0.481. The number of benzene rings is 2. The number of phenolic OH excluding ortho intramolecular Hbond substituents is 1. The number of amides is 1. The highest BCUT2D eigenvalue weighted by molar-refractivity contribution is 14.1. The first-order valence-electron chi connectivity index (χ1n) is 11.7. The molecule has 0 fully saturated rings. The number of carbonyl (C=O) groups is 2. The van der Waals surface area contributed by atoms with E-state index in [4.69, 9.17) is 19.3 Å². The van der Waals surface area contributed by atoms with Crippen LogP contribution in [0.2, 0.25) is 0 Å². The summed E-state index contributed by atoms with van der Waals surface area (Å²) < 4.78 is 18.0. The number of alkyl carbamates (subject to hydrolysis) is 1. The third-order valence-corrected chi connectivity index (χ3v) is 5.45. The molecule has 0 heterocycles. The molecule has 0 aromatic heterocycles. The number of nitrogens with one attached hydrogen (secondary N) is 1. The van der Waals surface area contributed by atoms with Crippen LogP contribution >= 0.6 is 61.1 Å². The molecule has 0 bridgehead atoms. The van der Waals surface area contributed by atoms with Gasteiger partial charge in [-0.15, -0.1) is 0 Å². The second-order valence-corrected chi connectivity index (χ2v) is 12.9. The van der Waals surface area contributed by atoms with Gasteiger partial charge in [-0.2, -0.15) is 0 Å². The summed E-state index contributed by atoms with van der Waals surface area (Å²) in [5.74, 6) is 0.985. The van der Waals surface area contributed by atoms with Gasteiger partial charge in [0.25, 0.3) is 0 Å². The molecule has 0 aliphatic rings. The second-order valence-electron chi connectivity index (χ2n) is 9.59. The van der Waals surface area contributed by atoms with Crippen LogP contribution in [-0.4, -0.2) is 46.9 Å². The van der Waals surface area contributed by atoms with Crippen molar-refractivity contribution in [1.82, 2.24) is 5.32 Å². The minimum Gasteiger partial charge on any atom is -0.508 e. The maximum Gasteiger partial charge on any atom is 0.407 e. The quantitative estimate of drug-likeness (QED) is 0.129. The van der Waals surface area contributed by atoms with Gasteiger partial charge in [0.05, 0.1) is 6.61 Å². The summed E-state index contributed by atoms with van der Waals surface area (Å²) in [5, 5.41) is 12.1. The summed E-state index contributed by atoms with van der Waals surface area (Å²) in [7, 11) is 0. The Morgan fingerprint density at radius 3 is 1.78 bits per heavy atom. The first-order valence-corrected chi connectivity index (χ1v) is 15.0. The van der Waals surface area contributed by atoms with Crippen LogP contribution in [0.15, 0.2) is 48.5 Å². The molecule has 2 N–H and O–H groups in total. The highest BCUT2D eigenvalue weighted by atomic mass is 127. The summed E-state index contributed by atoms with van der Waals surface area (Å²) >= 11 is 7.62. The largest absolute Gasteiger partial charge is 0.508 e. The molecule has 0 aliphatic carbocycles. The number of phenols is 1. The summed E-state index contributed by atoms with van der Waals surface area (Å²) in [6, 6.07) is 14.9. The van der Waals surface area contributed by atoms with Crippen molar-refractivity contribution in [3.63, 3.8) is 0 Å². The average molecular weight is 806 g/mol. The van der Waals surface area contributed by atoms with Crippen LogP contribution in [0.3, 0.4) is 0 Å². The van der Waals surface area contributed by atoms with E-state index in [-0.39, 0.29) is 12.1 Å². The van der Waals surface area contributed by atoms with Gasteiger partial charge in [0.1, 0.15) is 22.7 Å². The van der Waals surface area contributed by atoms with Crippen molar-refractivity contribution in [2.45, 2.75) is 65.6 Å². The molecule has 2 aromatic carbocycles. The Morgan fingerprint density at radius 2 is 1.35 bits per heavy atom. The van der Waals surface area contributed by atoms with Crippen molar-refractivity contribution in [1.29, 1.82) is 0 Å².